The summed E-state index contributed by atoms with van der Waals surface area (Å²) in [6, 6.07) is 4.24. The lowest BCUT2D eigenvalue weighted by Crippen LogP contribution is -2.37. The number of alkyl carbamates (subject to hydrolysis) is 1. The topological polar surface area (TPSA) is 67.8 Å². The van der Waals surface area contributed by atoms with Crippen LogP contribution in [0, 0.1) is 5.82 Å². The number of aliphatic hydroxyl groups is 1. The highest BCUT2D eigenvalue weighted by Crippen LogP contribution is 2.23. The Bertz CT molecular complexity index is 542. The van der Waals surface area contributed by atoms with Crippen molar-refractivity contribution < 1.29 is 23.8 Å². The first-order valence-corrected chi connectivity index (χ1v) is 8.16. The van der Waals surface area contributed by atoms with E-state index >= 15 is 0 Å². The summed E-state index contributed by atoms with van der Waals surface area (Å²) in [6.45, 7) is 8.86. The molecule has 0 saturated heterocycles. The SMILES string of the molecule is C[C@H](CO)Oc1cc(F)ccc1CC[C@H](C)NC(=O)OC(C)(C)C. The molecule has 0 radical (unpaired) electrons. The van der Waals surface area contributed by atoms with Gasteiger partial charge in [-0.05, 0) is 59.1 Å². The Morgan fingerprint density at radius 2 is 2.00 bits per heavy atom. The first-order chi connectivity index (χ1) is 11.1. The number of ether oxygens (including phenoxy) is 2. The van der Waals surface area contributed by atoms with E-state index in [2.05, 4.69) is 5.32 Å². The number of aryl methyl sites for hydroxylation is 1. The van der Waals surface area contributed by atoms with Gasteiger partial charge in [0.25, 0.3) is 0 Å². The summed E-state index contributed by atoms with van der Waals surface area (Å²) >= 11 is 0. The maximum atomic E-state index is 13.4. The first-order valence-electron chi connectivity index (χ1n) is 8.16. The average molecular weight is 341 g/mol. The van der Waals surface area contributed by atoms with Crippen molar-refractivity contribution in [3.8, 4) is 5.75 Å². The van der Waals surface area contributed by atoms with Gasteiger partial charge >= 0.3 is 6.09 Å². The van der Waals surface area contributed by atoms with Crippen LogP contribution in [0.25, 0.3) is 0 Å². The number of halogens is 1. The highest BCUT2D eigenvalue weighted by molar-refractivity contribution is 5.68. The van der Waals surface area contributed by atoms with Crippen molar-refractivity contribution in [1.82, 2.24) is 5.32 Å². The number of hydrogen-bond donors (Lipinski definition) is 2. The molecule has 0 fully saturated rings. The van der Waals surface area contributed by atoms with Gasteiger partial charge in [0.15, 0.2) is 0 Å². The van der Waals surface area contributed by atoms with Gasteiger partial charge in [0.1, 0.15) is 23.3 Å². The molecule has 0 saturated carbocycles. The normalized spacial score (nSPS) is 14.0. The van der Waals surface area contributed by atoms with Crippen molar-refractivity contribution >= 4 is 6.09 Å². The van der Waals surface area contributed by atoms with Gasteiger partial charge in [-0.1, -0.05) is 6.07 Å². The zero-order chi connectivity index (χ0) is 18.3. The Balaban J connectivity index is 2.61. The zero-order valence-corrected chi connectivity index (χ0v) is 15.1. The Kier molecular flexibility index (Phi) is 7.48. The first kappa shape index (κ1) is 20.2. The summed E-state index contributed by atoms with van der Waals surface area (Å²) in [4.78, 5) is 11.7. The average Bonchev–Trinajstić information content (AvgIpc) is 2.44. The van der Waals surface area contributed by atoms with Crippen molar-refractivity contribution in [2.24, 2.45) is 0 Å². The Hall–Kier alpha value is -1.82. The summed E-state index contributed by atoms with van der Waals surface area (Å²) in [5, 5.41) is 11.9. The van der Waals surface area contributed by atoms with E-state index in [0.29, 0.717) is 18.6 Å². The molecular formula is C18H28FNO4. The van der Waals surface area contributed by atoms with Gasteiger partial charge in [0.05, 0.1) is 6.61 Å². The number of carbonyl (C=O) groups is 1. The van der Waals surface area contributed by atoms with Crippen molar-refractivity contribution in [2.75, 3.05) is 6.61 Å². The molecule has 24 heavy (non-hydrogen) atoms. The number of amides is 1. The molecule has 5 nitrogen and oxygen atoms in total. The zero-order valence-electron chi connectivity index (χ0n) is 15.1. The lowest BCUT2D eigenvalue weighted by atomic mass is 10.0. The molecule has 0 spiro atoms. The maximum Gasteiger partial charge on any atom is 0.407 e. The Morgan fingerprint density at radius 1 is 1.33 bits per heavy atom. The third kappa shape index (κ3) is 7.64. The Morgan fingerprint density at radius 3 is 2.58 bits per heavy atom. The van der Waals surface area contributed by atoms with Crippen LogP contribution in [-0.4, -0.2) is 35.6 Å². The summed E-state index contributed by atoms with van der Waals surface area (Å²) in [5.74, 6) is 0.0276. The molecule has 2 atom stereocenters. The minimum absolute atomic E-state index is 0.104. The quantitative estimate of drug-likeness (QED) is 0.797. The van der Waals surface area contributed by atoms with Gasteiger partial charge < -0.3 is 19.9 Å². The molecule has 1 rings (SSSR count). The molecule has 1 amide bonds. The van der Waals surface area contributed by atoms with Gasteiger partial charge in [0.2, 0.25) is 0 Å². The molecule has 0 bridgehead atoms. The van der Waals surface area contributed by atoms with Crippen molar-refractivity contribution in [1.29, 1.82) is 0 Å². The van der Waals surface area contributed by atoms with Gasteiger partial charge in [-0.15, -0.1) is 0 Å². The summed E-state index contributed by atoms with van der Waals surface area (Å²) in [7, 11) is 0. The largest absolute Gasteiger partial charge is 0.488 e. The number of benzene rings is 1. The fourth-order valence-electron chi connectivity index (χ4n) is 2.05. The summed E-state index contributed by atoms with van der Waals surface area (Å²) < 4.78 is 24.2. The smallest absolute Gasteiger partial charge is 0.407 e. The lowest BCUT2D eigenvalue weighted by Gasteiger charge is -2.22. The number of rotatable bonds is 7. The van der Waals surface area contributed by atoms with Crippen LogP contribution in [0.3, 0.4) is 0 Å². The molecule has 0 unspecified atom stereocenters. The van der Waals surface area contributed by atoms with Gasteiger partial charge in [0, 0.05) is 12.1 Å². The molecule has 0 aromatic heterocycles. The molecule has 0 aliphatic heterocycles. The molecule has 0 aliphatic rings. The van der Waals surface area contributed by atoms with Gasteiger partial charge in [-0.25, -0.2) is 9.18 Å². The standard InChI is InChI=1S/C18H28FNO4/c1-12(20-17(22)24-18(3,4)5)6-7-14-8-9-15(19)10-16(14)23-13(2)11-21/h8-10,12-13,21H,6-7,11H2,1-5H3,(H,20,22)/t12-,13+/m0/s1. The van der Waals surface area contributed by atoms with E-state index in [1.165, 1.54) is 12.1 Å². The minimum Gasteiger partial charge on any atom is -0.488 e. The number of hydrogen-bond acceptors (Lipinski definition) is 4. The van der Waals surface area contributed by atoms with Crippen molar-refractivity contribution in [3.63, 3.8) is 0 Å². The number of carbonyl (C=O) groups excluding carboxylic acids is 1. The highest BCUT2D eigenvalue weighted by atomic mass is 19.1. The fraction of sp³-hybridized carbons (Fsp3) is 0.611. The third-order valence-corrected chi connectivity index (χ3v) is 3.22. The van der Waals surface area contributed by atoms with E-state index in [-0.39, 0.29) is 18.5 Å². The van der Waals surface area contributed by atoms with Crippen LogP contribution in [0.15, 0.2) is 18.2 Å². The lowest BCUT2D eigenvalue weighted by molar-refractivity contribution is 0.0506. The predicted octanol–water partition coefficient (Wildman–Crippen LogP) is 3.43. The van der Waals surface area contributed by atoms with Crippen LogP contribution in [-0.2, 0) is 11.2 Å². The molecule has 1 aromatic carbocycles. The number of aliphatic hydroxyl groups excluding tert-OH is 1. The highest BCUT2D eigenvalue weighted by Gasteiger charge is 2.18. The summed E-state index contributed by atoms with van der Waals surface area (Å²) in [6.07, 6.45) is 0.377. The van der Waals surface area contributed by atoms with Crippen LogP contribution >= 0.6 is 0 Å². The molecule has 1 aromatic rings. The van der Waals surface area contributed by atoms with Crippen molar-refractivity contribution in [2.45, 2.75) is 65.2 Å². The maximum absolute atomic E-state index is 13.4. The molecule has 136 valence electrons. The van der Waals surface area contributed by atoms with Crippen LogP contribution < -0.4 is 10.1 Å². The third-order valence-electron chi connectivity index (χ3n) is 3.22. The van der Waals surface area contributed by atoms with Crippen LogP contribution in [0.1, 0.15) is 46.6 Å². The van der Waals surface area contributed by atoms with E-state index in [4.69, 9.17) is 14.6 Å². The summed E-state index contributed by atoms with van der Waals surface area (Å²) in [5.41, 5.74) is 0.289. The fourth-order valence-corrected chi connectivity index (χ4v) is 2.05. The molecule has 0 heterocycles. The second-order valence-corrected chi connectivity index (χ2v) is 6.95. The second-order valence-electron chi connectivity index (χ2n) is 6.95. The molecule has 6 heteroatoms. The van der Waals surface area contributed by atoms with E-state index in [0.717, 1.165) is 5.56 Å². The molecule has 0 aliphatic carbocycles. The van der Waals surface area contributed by atoms with Crippen LogP contribution in [0.5, 0.6) is 5.75 Å². The van der Waals surface area contributed by atoms with Crippen LogP contribution in [0.4, 0.5) is 9.18 Å². The monoisotopic (exact) mass is 341 g/mol. The van der Waals surface area contributed by atoms with E-state index in [1.807, 2.05) is 27.7 Å². The van der Waals surface area contributed by atoms with E-state index in [1.54, 1.807) is 13.0 Å². The minimum atomic E-state index is -0.539. The number of nitrogens with one attached hydrogen (secondary N) is 1. The second kappa shape index (κ2) is 8.87. The Labute approximate surface area is 143 Å². The van der Waals surface area contributed by atoms with Gasteiger partial charge in [-0.2, -0.15) is 0 Å². The van der Waals surface area contributed by atoms with E-state index in [9.17, 15) is 9.18 Å². The van der Waals surface area contributed by atoms with Crippen LogP contribution in [0.2, 0.25) is 0 Å². The molecular weight excluding hydrogens is 313 g/mol. The van der Waals surface area contributed by atoms with Crippen molar-refractivity contribution in [3.05, 3.63) is 29.6 Å². The molecule has 2 N–H and O–H groups in total. The predicted molar refractivity (Wildman–Crippen MR) is 90.7 cm³/mol. The van der Waals surface area contributed by atoms with E-state index < -0.39 is 17.8 Å². The van der Waals surface area contributed by atoms with Gasteiger partial charge in [-0.3, -0.25) is 0 Å².